The molecule has 0 spiro atoms. The molecule has 0 amide bonds. The van der Waals surface area contributed by atoms with E-state index in [1.165, 1.54) is 32.1 Å². The highest BCUT2D eigenvalue weighted by atomic mass is 16.4. The first-order valence-electron chi connectivity index (χ1n) is 15.2. The van der Waals surface area contributed by atoms with E-state index in [9.17, 15) is 29.4 Å². The Balaban J connectivity index is 1.20. The van der Waals surface area contributed by atoms with E-state index in [2.05, 4.69) is 25.8 Å². The number of hydrogen-bond acceptors (Lipinski definition) is 9. The summed E-state index contributed by atoms with van der Waals surface area (Å²) >= 11 is 0. The zero-order chi connectivity index (χ0) is 30.7. The highest BCUT2D eigenvalue weighted by Crippen LogP contribution is 2.39. The number of benzene rings is 1. The van der Waals surface area contributed by atoms with E-state index in [0.717, 1.165) is 45.2 Å². The maximum atomic E-state index is 12.5. The summed E-state index contributed by atoms with van der Waals surface area (Å²) < 4.78 is 0. The van der Waals surface area contributed by atoms with E-state index in [4.69, 9.17) is 0 Å². The van der Waals surface area contributed by atoms with Gasteiger partial charge in [-0.1, -0.05) is 31.4 Å². The molecule has 2 fully saturated rings. The Morgan fingerprint density at radius 3 is 2.16 bits per heavy atom. The van der Waals surface area contributed by atoms with Crippen LogP contribution in [0.5, 0.6) is 0 Å². The molecule has 2 heterocycles. The molecule has 230 valence electrons. The number of anilines is 3. The zero-order valence-corrected chi connectivity index (χ0v) is 24.9. The van der Waals surface area contributed by atoms with Crippen molar-refractivity contribution in [3.8, 4) is 0 Å². The highest BCUT2D eigenvalue weighted by molar-refractivity contribution is 5.98. The fraction of sp³-hybridized carbons (Fsp3) is 0.500. The van der Waals surface area contributed by atoms with Crippen molar-refractivity contribution in [2.45, 2.75) is 64.3 Å². The second-order valence-electron chi connectivity index (χ2n) is 11.9. The number of hydrogen-bond donors (Lipinski definition) is 5. The van der Waals surface area contributed by atoms with Crippen LogP contribution in [0.3, 0.4) is 0 Å². The van der Waals surface area contributed by atoms with Crippen molar-refractivity contribution in [2.24, 2.45) is 0 Å². The molecular formula is C32H41N5O6. The molecule has 0 atom stereocenters. The number of nitrogens with one attached hydrogen (secondary N) is 3. The molecule has 2 aromatic carbocycles. The third-order valence-corrected chi connectivity index (χ3v) is 9.07. The lowest BCUT2D eigenvalue weighted by Gasteiger charge is -2.40. The molecule has 1 saturated carbocycles. The van der Waals surface area contributed by atoms with Gasteiger partial charge in [-0.15, -0.1) is 0 Å². The van der Waals surface area contributed by atoms with E-state index >= 15 is 0 Å². The normalized spacial score (nSPS) is 19.5. The summed E-state index contributed by atoms with van der Waals surface area (Å²) in [6.45, 7) is 8.97. The van der Waals surface area contributed by atoms with E-state index in [1.54, 1.807) is 38.1 Å². The number of nitrogens with zero attached hydrogens (tertiary/aromatic N) is 2. The van der Waals surface area contributed by atoms with Crippen LogP contribution >= 0.6 is 0 Å². The monoisotopic (exact) mass is 591 g/mol. The van der Waals surface area contributed by atoms with Gasteiger partial charge in [0.15, 0.2) is 0 Å². The first-order valence-corrected chi connectivity index (χ1v) is 15.2. The number of rotatable bonds is 11. The maximum absolute atomic E-state index is 12.5. The molecule has 11 heteroatoms. The minimum Gasteiger partial charge on any atom is -0.478 e. The minimum absolute atomic E-state index is 0.0629. The SMILES string of the molecule is CC1=C(C(=O)O)C(c2cccc(Nc3c(NCCCN4CCN(C5CCCCC5)CC4)c(=O)c3=O)c2)C(C(=O)O)=C(C)N1. The molecule has 5 rings (SSSR count). The van der Waals surface area contributed by atoms with Crippen LogP contribution in [-0.4, -0.2) is 77.3 Å². The van der Waals surface area contributed by atoms with Gasteiger partial charge in [-0.3, -0.25) is 14.5 Å². The van der Waals surface area contributed by atoms with Gasteiger partial charge in [-0.05, 0) is 57.4 Å². The average molecular weight is 592 g/mol. The van der Waals surface area contributed by atoms with Gasteiger partial charge in [0, 0.05) is 55.8 Å². The number of carboxylic acids is 2. The van der Waals surface area contributed by atoms with Gasteiger partial charge in [-0.2, -0.15) is 0 Å². The Labute approximate surface area is 251 Å². The summed E-state index contributed by atoms with van der Waals surface area (Å²) in [7, 11) is 0. The van der Waals surface area contributed by atoms with Crippen molar-refractivity contribution in [1.29, 1.82) is 0 Å². The second kappa shape index (κ2) is 13.1. The standard InChI is InChI=1S/C32H41N5O6/c1-19-24(31(40)41)26(25(32(42)43)20(2)34-19)21-8-6-9-22(18-21)35-28-27(29(38)30(28)39)33-12-7-13-36-14-16-37(17-15-36)23-10-4-3-5-11-23/h6,8-9,18,23,26,33-35H,3-5,7,10-17H2,1-2H3,(H,40,41)(H,42,43). The van der Waals surface area contributed by atoms with E-state index in [1.807, 2.05) is 0 Å². The lowest BCUT2D eigenvalue weighted by Crippen LogP contribution is -2.51. The minimum atomic E-state index is -1.22. The van der Waals surface area contributed by atoms with Gasteiger partial charge in [-0.25, -0.2) is 9.59 Å². The van der Waals surface area contributed by atoms with Crippen LogP contribution in [0.1, 0.15) is 63.9 Å². The molecule has 1 saturated heterocycles. The van der Waals surface area contributed by atoms with E-state index < -0.39 is 28.7 Å². The average Bonchev–Trinajstić information content (AvgIpc) is 3.00. The largest absolute Gasteiger partial charge is 0.478 e. The highest BCUT2D eigenvalue weighted by Gasteiger charge is 2.36. The summed E-state index contributed by atoms with van der Waals surface area (Å²) in [6, 6.07) is 7.37. The van der Waals surface area contributed by atoms with Crippen LogP contribution in [0.4, 0.5) is 17.1 Å². The maximum Gasteiger partial charge on any atom is 0.334 e. The van der Waals surface area contributed by atoms with Gasteiger partial charge >= 0.3 is 11.9 Å². The van der Waals surface area contributed by atoms with Crippen LogP contribution in [0.25, 0.3) is 0 Å². The number of aliphatic carboxylic acids is 2. The first kappa shape index (κ1) is 30.5. The number of piperazine rings is 1. The quantitative estimate of drug-likeness (QED) is 0.194. The summed E-state index contributed by atoms with van der Waals surface area (Å²) in [6.07, 6.45) is 7.54. The Bertz CT molecular complexity index is 1470. The molecule has 5 N–H and O–H groups in total. The van der Waals surface area contributed by atoms with Crippen molar-refractivity contribution in [3.63, 3.8) is 0 Å². The molecule has 11 nitrogen and oxygen atoms in total. The number of carboxylic acid groups (broad SMARTS) is 2. The molecule has 1 aliphatic carbocycles. The summed E-state index contributed by atoms with van der Waals surface area (Å²) in [4.78, 5) is 54.2. The van der Waals surface area contributed by atoms with Crippen molar-refractivity contribution < 1.29 is 19.8 Å². The molecule has 0 unspecified atom stereocenters. The predicted molar refractivity (Wildman–Crippen MR) is 166 cm³/mol. The van der Waals surface area contributed by atoms with E-state index in [0.29, 0.717) is 29.2 Å². The number of allylic oxidation sites excluding steroid dienone is 2. The second-order valence-corrected chi connectivity index (χ2v) is 11.9. The van der Waals surface area contributed by atoms with Gasteiger partial charge in [0.25, 0.3) is 10.9 Å². The summed E-state index contributed by atoms with van der Waals surface area (Å²) in [5, 5.41) is 28.8. The van der Waals surface area contributed by atoms with Crippen molar-refractivity contribution in [2.75, 3.05) is 49.9 Å². The topological polar surface area (TPSA) is 151 Å². The Morgan fingerprint density at radius 1 is 0.907 bits per heavy atom. The van der Waals surface area contributed by atoms with Crippen LogP contribution in [-0.2, 0) is 9.59 Å². The smallest absolute Gasteiger partial charge is 0.334 e. The van der Waals surface area contributed by atoms with Gasteiger partial charge < -0.3 is 31.1 Å². The first-order chi connectivity index (χ1) is 20.7. The van der Waals surface area contributed by atoms with Crippen LogP contribution < -0.4 is 26.8 Å². The number of dihydropyridines is 1. The third-order valence-electron chi connectivity index (χ3n) is 9.07. The molecule has 0 bridgehead atoms. The summed E-state index contributed by atoms with van der Waals surface area (Å²) in [5.41, 5.74) is 0.681. The van der Waals surface area contributed by atoms with Crippen molar-refractivity contribution in [1.82, 2.24) is 15.1 Å². The summed E-state index contributed by atoms with van der Waals surface area (Å²) in [5.74, 6) is -3.47. The fourth-order valence-corrected chi connectivity index (χ4v) is 6.83. The molecule has 0 radical (unpaired) electrons. The lowest BCUT2D eigenvalue weighted by atomic mass is 9.80. The van der Waals surface area contributed by atoms with E-state index in [-0.39, 0.29) is 22.5 Å². The Morgan fingerprint density at radius 2 is 1.53 bits per heavy atom. The van der Waals surface area contributed by atoms with Crippen LogP contribution in [0.15, 0.2) is 56.4 Å². The molecule has 0 aromatic heterocycles. The van der Waals surface area contributed by atoms with Gasteiger partial charge in [0.05, 0.1) is 17.1 Å². The fourth-order valence-electron chi connectivity index (χ4n) is 6.83. The molecular weight excluding hydrogens is 550 g/mol. The zero-order valence-electron chi connectivity index (χ0n) is 24.9. The van der Waals surface area contributed by atoms with Crippen LogP contribution in [0.2, 0.25) is 0 Å². The predicted octanol–water partition coefficient (Wildman–Crippen LogP) is 3.18. The van der Waals surface area contributed by atoms with Crippen LogP contribution in [0, 0.1) is 0 Å². The van der Waals surface area contributed by atoms with Gasteiger partial charge in [0.1, 0.15) is 11.4 Å². The molecule has 3 aliphatic rings. The molecule has 43 heavy (non-hydrogen) atoms. The van der Waals surface area contributed by atoms with Crippen molar-refractivity contribution in [3.05, 3.63) is 72.8 Å². The lowest BCUT2D eigenvalue weighted by molar-refractivity contribution is -0.133. The molecule has 2 aromatic rings. The van der Waals surface area contributed by atoms with Crippen molar-refractivity contribution >= 4 is 29.0 Å². The van der Waals surface area contributed by atoms with Gasteiger partial charge in [0.2, 0.25) is 0 Å². The number of carbonyl (C=O) groups is 2. The Hall–Kier alpha value is -3.96. The Kier molecular flexibility index (Phi) is 9.31. The third kappa shape index (κ3) is 6.52. The molecule has 2 aliphatic heterocycles.